The molecule has 0 saturated carbocycles. The van der Waals surface area contributed by atoms with E-state index in [1.54, 1.807) is 16.8 Å². The van der Waals surface area contributed by atoms with Gasteiger partial charge in [-0.2, -0.15) is 5.10 Å². The number of aromatic nitrogens is 2. The normalized spacial score (nSPS) is 11.4. The number of aromatic carboxylic acids is 1. The topological polar surface area (TPSA) is 140 Å². The molecule has 3 N–H and O–H groups in total. The molecule has 210 valence electrons. The number of rotatable bonds is 10. The largest absolute Gasteiger partial charge is 0.496 e. The lowest BCUT2D eigenvalue weighted by molar-refractivity contribution is 0.0696. The minimum Gasteiger partial charge on any atom is -0.496 e. The molecule has 2 heterocycles. The Morgan fingerprint density at radius 2 is 1.71 bits per heavy atom. The second kappa shape index (κ2) is 11.6. The highest BCUT2D eigenvalue weighted by atomic mass is 35.5. The van der Waals surface area contributed by atoms with Gasteiger partial charge in [0.15, 0.2) is 5.82 Å². The van der Waals surface area contributed by atoms with E-state index in [0.717, 1.165) is 22.5 Å². The average Bonchev–Trinajstić information content (AvgIpc) is 3.55. The minimum atomic E-state index is -3.94. The summed E-state index contributed by atoms with van der Waals surface area (Å²) >= 11 is 6.89. The molecule has 1 amide bonds. The van der Waals surface area contributed by atoms with Crippen molar-refractivity contribution in [2.24, 2.45) is 0 Å². The highest BCUT2D eigenvalue weighted by Gasteiger charge is 2.23. The van der Waals surface area contributed by atoms with Crippen molar-refractivity contribution in [3.63, 3.8) is 0 Å². The first-order valence-corrected chi connectivity index (χ1v) is 14.8. The molecule has 0 aliphatic heterocycles. The van der Waals surface area contributed by atoms with E-state index in [1.807, 2.05) is 30.3 Å². The van der Waals surface area contributed by atoms with E-state index in [4.69, 9.17) is 21.4 Å². The second-order valence-corrected chi connectivity index (χ2v) is 12.5. The van der Waals surface area contributed by atoms with E-state index in [2.05, 4.69) is 15.1 Å². The van der Waals surface area contributed by atoms with E-state index in [1.165, 1.54) is 43.5 Å². The molecule has 0 bridgehead atoms. The highest BCUT2D eigenvalue weighted by Crippen LogP contribution is 2.35. The summed E-state index contributed by atoms with van der Waals surface area (Å²) < 4.78 is 36.2. The molecule has 5 aromatic rings. The second-order valence-electron chi connectivity index (χ2n) is 8.91. The molecule has 0 aliphatic rings. The Kier molecular flexibility index (Phi) is 7.97. The summed E-state index contributed by atoms with van der Waals surface area (Å²) in [4.78, 5) is 23.6. The maximum atomic E-state index is 13.0. The fourth-order valence-corrected chi connectivity index (χ4v) is 6.73. The summed E-state index contributed by atoms with van der Waals surface area (Å²) in [6.07, 6.45) is 0. The molecule has 0 spiro atoms. The predicted octanol–water partition coefficient (Wildman–Crippen LogP) is 5.24. The lowest BCUT2D eigenvalue weighted by Gasteiger charge is -2.09. The molecule has 0 aliphatic carbocycles. The molecule has 0 atom stereocenters. The molecule has 10 nitrogen and oxygen atoms in total. The van der Waals surface area contributed by atoms with Crippen molar-refractivity contribution in [3.8, 4) is 5.75 Å². The van der Waals surface area contributed by atoms with Crippen molar-refractivity contribution in [1.82, 2.24) is 15.1 Å². The Bertz CT molecular complexity index is 1870. The molecular formula is C28H23ClN4O6S2. The van der Waals surface area contributed by atoms with Crippen molar-refractivity contribution in [3.05, 3.63) is 105 Å². The van der Waals surface area contributed by atoms with Crippen LogP contribution in [0.5, 0.6) is 5.75 Å². The Labute approximate surface area is 244 Å². The smallest absolute Gasteiger partial charge is 0.335 e. The number of ether oxygens (including phenoxy) is 1. The van der Waals surface area contributed by atoms with E-state index in [-0.39, 0.29) is 28.0 Å². The highest BCUT2D eigenvalue weighted by molar-refractivity contribution is 7.94. The molecule has 0 fully saturated rings. The van der Waals surface area contributed by atoms with Crippen LogP contribution in [0.3, 0.4) is 0 Å². The zero-order chi connectivity index (χ0) is 29.1. The number of sulfonamides is 1. The van der Waals surface area contributed by atoms with Crippen molar-refractivity contribution >= 4 is 61.6 Å². The van der Waals surface area contributed by atoms with Crippen LogP contribution >= 0.6 is 22.9 Å². The number of carboxylic acids is 1. The van der Waals surface area contributed by atoms with Gasteiger partial charge in [0.2, 0.25) is 0 Å². The number of nitrogens with zero attached hydrogens (tertiary/aromatic N) is 2. The van der Waals surface area contributed by atoms with Crippen LogP contribution < -0.4 is 14.8 Å². The number of hydrogen-bond donors (Lipinski definition) is 3. The molecule has 41 heavy (non-hydrogen) atoms. The van der Waals surface area contributed by atoms with Crippen LogP contribution in [0.2, 0.25) is 4.34 Å². The third-order valence-electron chi connectivity index (χ3n) is 6.18. The van der Waals surface area contributed by atoms with Gasteiger partial charge in [-0.25, -0.2) is 13.2 Å². The van der Waals surface area contributed by atoms with E-state index in [9.17, 15) is 18.0 Å². The summed E-state index contributed by atoms with van der Waals surface area (Å²) in [6, 6.07) is 21.5. The first-order chi connectivity index (χ1) is 19.6. The number of methoxy groups -OCH3 is 1. The first-order valence-electron chi connectivity index (χ1n) is 12.2. The lowest BCUT2D eigenvalue weighted by Crippen LogP contribution is -2.22. The number of anilines is 1. The van der Waals surface area contributed by atoms with E-state index in [0.29, 0.717) is 33.1 Å². The Balaban J connectivity index is 1.37. The Morgan fingerprint density at radius 1 is 1.00 bits per heavy atom. The first kappa shape index (κ1) is 28.1. The zero-order valence-corrected chi connectivity index (χ0v) is 23.9. The molecule has 0 unspecified atom stereocenters. The molecule has 3 aromatic carbocycles. The van der Waals surface area contributed by atoms with Crippen molar-refractivity contribution in [1.29, 1.82) is 0 Å². The standard InChI is InChI=1S/C28H23ClN4O6S2/c1-39-22-7-3-6-21-25(22)26(32-41(37,38)24-13-12-23(29)40-24)31-33(21)16-18-5-2-4-17(14-18)15-30-27(34)19-8-10-20(11-9-19)28(35)36/h2-14H,15-16H2,1H3,(H,30,34)(H,31,32)(H,35,36). The van der Waals surface area contributed by atoms with Crippen LogP contribution in [0.4, 0.5) is 5.82 Å². The van der Waals surface area contributed by atoms with Crippen LogP contribution in [-0.2, 0) is 23.1 Å². The maximum Gasteiger partial charge on any atom is 0.335 e. The number of nitrogens with one attached hydrogen (secondary N) is 2. The van der Waals surface area contributed by atoms with Crippen molar-refractivity contribution < 1.29 is 27.9 Å². The van der Waals surface area contributed by atoms with E-state index < -0.39 is 16.0 Å². The summed E-state index contributed by atoms with van der Waals surface area (Å²) in [5.41, 5.74) is 2.82. The van der Waals surface area contributed by atoms with Gasteiger partial charge in [-0.3, -0.25) is 14.2 Å². The average molecular weight is 611 g/mol. The molecule has 13 heteroatoms. The summed E-state index contributed by atoms with van der Waals surface area (Å²) in [5.74, 6) is -0.807. The molecular weight excluding hydrogens is 588 g/mol. The number of amides is 1. The van der Waals surface area contributed by atoms with Gasteiger partial charge >= 0.3 is 5.97 Å². The Morgan fingerprint density at radius 3 is 2.39 bits per heavy atom. The number of carbonyl (C=O) groups is 2. The van der Waals surface area contributed by atoms with Crippen LogP contribution in [0.1, 0.15) is 31.8 Å². The molecule has 0 radical (unpaired) electrons. The lowest BCUT2D eigenvalue weighted by atomic mass is 10.1. The SMILES string of the molecule is COc1cccc2c1c(NS(=O)(=O)c1ccc(Cl)s1)nn2Cc1cccc(CNC(=O)c2ccc(C(=O)O)cc2)c1. The van der Waals surface area contributed by atoms with Gasteiger partial charge in [0.1, 0.15) is 9.96 Å². The summed E-state index contributed by atoms with van der Waals surface area (Å²) in [6.45, 7) is 0.560. The van der Waals surface area contributed by atoms with Gasteiger partial charge in [-0.05, 0) is 59.7 Å². The van der Waals surface area contributed by atoms with Gasteiger partial charge in [0.25, 0.3) is 15.9 Å². The van der Waals surface area contributed by atoms with Gasteiger partial charge in [-0.15, -0.1) is 11.3 Å². The fraction of sp³-hybridized carbons (Fsp3) is 0.107. The number of fused-ring (bicyclic) bond motifs is 1. The molecule has 2 aromatic heterocycles. The molecule has 0 saturated heterocycles. The monoisotopic (exact) mass is 610 g/mol. The Hall–Kier alpha value is -4.39. The van der Waals surface area contributed by atoms with Gasteiger partial charge in [-0.1, -0.05) is 41.9 Å². The number of hydrogen-bond acceptors (Lipinski definition) is 7. The van der Waals surface area contributed by atoms with Gasteiger partial charge in [0.05, 0.1) is 34.5 Å². The maximum absolute atomic E-state index is 13.0. The minimum absolute atomic E-state index is 0.0627. The summed E-state index contributed by atoms with van der Waals surface area (Å²) in [5, 5.41) is 17.0. The third kappa shape index (κ3) is 6.19. The summed E-state index contributed by atoms with van der Waals surface area (Å²) in [7, 11) is -2.44. The third-order valence-corrected chi connectivity index (χ3v) is 9.24. The number of halogens is 1. The number of benzene rings is 3. The van der Waals surface area contributed by atoms with Gasteiger partial charge in [0, 0.05) is 12.1 Å². The van der Waals surface area contributed by atoms with Crippen LogP contribution in [0.25, 0.3) is 10.9 Å². The van der Waals surface area contributed by atoms with Crippen molar-refractivity contribution in [2.75, 3.05) is 11.8 Å². The predicted molar refractivity (Wildman–Crippen MR) is 157 cm³/mol. The quantitative estimate of drug-likeness (QED) is 0.196. The number of carboxylic acid groups (broad SMARTS) is 1. The van der Waals surface area contributed by atoms with E-state index >= 15 is 0 Å². The van der Waals surface area contributed by atoms with Crippen LogP contribution in [-0.4, -0.2) is 42.3 Å². The van der Waals surface area contributed by atoms with Crippen LogP contribution in [0.15, 0.2) is 83.1 Å². The van der Waals surface area contributed by atoms with Crippen molar-refractivity contribution in [2.45, 2.75) is 17.3 Å². The van der Waals surface area contributed by atoms with Gasteiger partial charge < -0.3 is 15.2 Å². The van der Waals surface area contributed by atoms with Crippen LogP contribution in [0, 0.1) is 0 Å². The number of carbonyl (C=O) groups excluding carboxylic acids is 1. The molecule has 5 rings (SSSR count). The zero-order valence-electron chi connectivity index (χ0n) is 21.5. The number of thiophene rings is 1. The fourth-order valence-electron chi connectivity index (χ4n) is 4.24.